The first-order valence-corrected chi connectivity index (χ1v) is 11.3. The topological polar surface area (TPSA) is 98.9 Å². The molecule has 11 heteroatoms. The van der Waals surface area contributed by atoms with Gasteiger partial charge < -0.3 is 33.4 Å². The van der Waals surface area contributed by atoms with E-state index >= 15 is 0 Å². The molecule has 0 spiro atoms. The molecule has 2 fully saturated rings. The number of oxime groups is 1. The Balaban J connectivity index is 1.13. The zero-order chi connectivity index (χ0) is 23.7. The van der Waals surface area contributed by atoms with E-state index in [4.69, 9.17) is 23.6 Å². The van der Waals surface area contributed by atoms with Crippen LogP contribution in [-0.2, 0) is 19.1 Å². The summed E-state index contributed by atoms with van der Waals surface area (Å²) in [6, 6.07) is 9.37. The third kappa shape index (κ3) is 4.85. The Morgan fingerprint density at radius 3 is 2.74 bits per heavy atom. The molecule has 0 N–H and O–H groups in total. The number of nitrogens with zero attached hydrogens (tertiary/aromatic N) is 4. The van der Waals surface area contributed by atoms with E-state index in [0.29, 0.717) is 25.5 Å². The maximum atomic E-state index is 14.9. The Kier molecular flexibility index (Phi) is 6.13. The molecule has 5 rings (SSSR count). The van der Waals surface area contributed by atoms with Crippen LogP contribution in [0.5, 0.6) is 5.88 Å². The second kappa shape index (κ2) is 9.22. The van der Waals surface area contributed by atoms with Crippen molar-refractivity contribution in [2.45, 2.75) is 44.6 Å². The number of carbonyl (C=O) groups is 1. The van der Waals surface area contributed by atoms with Crippen LogP contribution >= 0.6 is 0 Å². The standard InChI is InChI=1S/C23H27FN4O6/c1-23(2)31-14-19(33-23)22(29)28-9-8-27(12-20(28)24)16-5-3-15(4-6-16)18-11-17(34-25-18)13-30-21-7-10-32-26-21/h3-7,10,17,19-20H,8-9,11-14H2,1-2H3/t17-,19-,20?/m0/s1. The molecular weight excluding hydrogens is 447 g/mol. The number of carbonyl (C=O) groups excluding carboxylic acids is 1. The minimum Gasteiger partial charge on any atom is -0.471 e. The maximum Gasteiger partial charge on any atom is 0.256 e. The van der Waals surface area contributed by atoms with E-state index in [9.17, 15) is 9.18 Å². The Morgan fingerprint density at radius 2 is 2.06 bits per heavy atom. The van der Waals surface area contributed by atoms with E-state index in [1.165, 1.54) is 11.2 Å². The Bertz CT molecular complexity index is 1030. The lowest BCUT2D eigenvalue weighted by Crippen LogP contribution is -2.56. The molecule has 2 aromatic rings. The van der Waals surface area contributed by atoms with Gasteiger partial charge in [-0.3, -0.25) is 4.79 Å². The van der Waals surface area contributed by atoms with Crippen LogP contribution in [0, 0.1) is 0 Å². The van der Waals surface area contributed by atoms with E-state index < -0.39 is 18.2 Å². The average Bonchev–Trinajstić information content (AvgIpc) is 3.58. The predicted octanol–water partition coefficient (Wildman–Crippen LogP) is 2.34. The first-order chi connectivity index (χ1) is 16.4. The molecule has 10 nitrogen and oxygen atoms in total. The highest BCUT2D eigenvalue weighted by molar-refractivity contribution is 6.01. The van der Waals surface area contributed by atoms with Crippen molar-refractivity contribution in [3.05, 3.63) is 42.2 Å². The van der Waals surface area contributed by atoms with Gasteiger partial charge in [0.2, 0.25) is 0 Å². The van der Waals surface area contributed by atoms with Gasteiger partial charge in [0.15, 0.2) is 24.3 Å². The van der Waals surface area contributed by atoms with E-state index in [2.05, 4.69) is 10.3 Å². The largest absolute Gasteiger partial charge is 0.471 e. The molecule has 0 saturated carbocycles. The lowest BCUT2D eigenvalue weighted by atomic mass is 10.0. The van der Waals surface area contributed by atoms with Crippen molar-refractivity contribution in [3.8, 4) is 5.88 Å². The molecule has 0 radical (unpaired) electrons. The van der Waals surface area contributed by atoms with Crippen molar-refractivity contribution < 1.29 is 32.8 Å². The molecule has 1 aromatic carbocycles. The number of amides is 1. The zero-order valence-corrected chi connectivity index (χ0v) is 19.1. The summed E-state index contributed by atoms with van der Waals surface area (Å²) in [4.78, 5) is 21.3. The highest BCUT2D eigenvalue weighted by atomic mass is 19.1. The van der Waals surface area contributed by atoms with Crippen LogP contribution in [0.25, 0.3) is 0 Å². The number of aromatic nitrogens is 1. The Hall–Kier alpha value is -3.18. The van der Waals surface area contributed by atoms with Crippen LogP contribution in [0.4, 0.5) is 10.1 Å². The molecule has 0 aliphatic carbocycles. The molecular formula is C23H27FN4O6. The summed E-state index contributed by atoms with van der Waals surface area (Å²) in [5, 5.41) is 7.87. The first kappa shape index (κ1) is 22.6. The first-order valence-electron chi connectivity index (χ1n) is 11.3. The van der Waals surface area contributed by atoms with E-state index in [1.807, 2.05) is 29.2 Å². The summed E-state index contributed by atoms with van der Waals surface area (Å²) >= 11 is 0. The highest BCUT2D eigenvalue weighted by Gasteiger charge is 2.42. The monoisotopic (exact) mass is 474 g/mol. The van der Waals surface area contributed by atoms with Crippen LogP contribution < -0.4 is 9.64 Å². The fourth-order valence-electron chi connectivity index (χ4n) is 4.22. The van der Waals surface area contributed by atoms with Gasteiger partial charge in [0.1, 0.15) is 12.9 Å². The number of anilines is 1. The minimum absolute atomic E-state index is 0.0908. The van der Waals surface area contributed by atoms with E-state index in [1.54, 1.807) is 19.9 Å². The van der Waals surface area contributed by atoms with Gasteiger partial charge in [-0.1, -0.05) is 17.3 Å². The van der Waals surface area contributed by atoms with Crippen molar-refractivity contribution in [2.75, 3.05) is 37.7 Å². The van der Waals surface area contributed by atoms with Gasteiger partial charge in [0, 0.05) is 31.3 Å². The molecule has 1 unspecified atom stereocenters. The van der Waals surface area contributed by atoms with E-state index in [0.717, 1.165) is 17.0 Å². The number of hydrogen-bond acceptors (Lipinski definition) is 9. The molecule has 3 aliphatic heterocycles. The van der Waals surface area contributed by atoms with Crippen molar-refractivity contribution in [1.29, 1.82) is 0 Å². The van der Waals surface area contributed by atoms with Crippen LogP contribution in [-0.4, -0.2) is 78.8 Å². The third-order valence-electron chi connectivity index (χ3n) is 6.02. The quantitative estimate of drug-likeness (QED) is 0.589. The zero-order valence-electron chi connectivity index (χ0n) is 19.1. The van der Waals surface area contributed by atoms with Gasteiger partial charge in [-0.2, -0.15) is 0 Å². The Morgan fingerprint density at radius 1 is 1.24 bits per heavy atom. The van der Waals surface area contributed by atoms with Crippen LogP contribution in [0.2, 0.25) is 0 Å². The normalized spacial score (nSPS) is 26.3. The van der Waals surface area contributed by atoms with Crippen LogP contribution in [0.15, 0.2) is 46.3 Å². The fourth-order valence-corrected chi connectivity index (χ4v) is 4.22. The number of ether oxygens (including phenoxy) is 3. The smallest absolute Gasteiger partial charge is 0.256 e. The second-order valence-electron chi connectivity index (χ2n) is 8.89. The molecule has 1 amide bonds. The molecule has 34 heavy (non-hydrogen) atoms. The van der Waals surface area contributed by atoms with Crippen LogP contribution in [0.3, 0.4) is 0 Å². The van der Waals surface area contributed by atoms with Crippen LogP contribution in [0.1, 0.15) is 25.8 Å². The number of halogens is 1. The maximum absolute atomic E-state index is 14.9. The van der Waals surface area contributed by atoms with Crippen molar-refractivity contribution in [1.82, 2.24) is 10.1 Å². The molecule has 2 saturated heterocycles. The van der Waals surface area contributed by atoms with Gasteiger partial charge in [-0.05, 0) is 36.7 Å². The number of alkyl halides is 1. The summed E-state index contributed by atoms with van der Waals surface area (Å²) in [5.41, 5.74) is 2.63. The fraction of sp³-hybridized carbons (Fsp3) is 0.522. The van der Waals surface area contributed by atoms with Crippen molar-refractivity contribution in [3.63, 3.8) is 0 Å². The number of benzene rings is 1. The molecule has 3 aliphatic rings. The molecule has 4 heterocycles. The van der Waals surface area contributed by atoms with Gasteiger partial charge in [0.05, 0.1) is 18.9 Å². The lowest BCUT2D eigenvalue weighted by Gasteiger charge is -2.39. The molecule has 1 aromatic heterocycles. The van der Waals surface area contributed by atoms with Gasteiger partial charge in [-0.25, -0.2) is 4.39 Å². The number of piperazine rings is 1. The second-order valence-corrected chi connectivity index (χ2v) is 8.89. The van der Waals surface area contributed by atoms with Crippen molar-refractivity contribution in [2.24, 2.45) is 5.16 Å². The summed E-state index contributed by atoms with van der Waals surface area (Å²) in [5.74, 6) is -0.786. The molecule has 182 valence electrons. The average molecular weight is 474 g/mol. The van der Waals surface area contributed by atoms with Gasteiger partial charge >= 0.3 is 0 Å². The SMILES string of the molecule is CC1(C)OC[C@@H](C(=O)N2CCN(c3ccc(C4=NO[C@H](COc5ccon5)C4)cc3)CC2F)O1. The number of hydrogen-bond donors (Lipinski definition) is 0. The molecule has 0 bridgehead atoms. The summed E-state index contributed by atoms with van der Waals surface area (Å²) in [7, 11) is 0. The minimum atomic E-state index is -1.42. The number of rotatable bonds is 6. The predicted molar refractivity (Wildman–Crippen MR) is 118 cm³/mol. The summed E-state index contributed by atoms with van der Waals surface area (Å²) < 4.78 is 36.2. The molecule has 3 atom stereocenters. The van der Waals surface area contributed by atoms with Gasteiger partial charge in [-0.15, -0.1) is 0 Å². The van der Waals surface area contributed by atoms with Crippen molar-refractivity contribution >= 4 is 17.3 Å². The van der Waals surface area contributed by atoms with Gasteiger partial charge in [0.25, 0.3) is 11.8 Å². The lowest BCUT2D eigenvalue weighted by molar-refractivity contribution is -0.164. The summed E-state index contributed by atoms with van der Waals surface area (Å²) in [6.07, 6.45) is -0.348. The third-order valence-corrected chi connectivity index (χ3v) is 6.02. The van der Waals surface area contributed by atoms with E-state index in [-0.39, 0.29) is 31.7 Å². The Labute approximate surface area is 196 Å². The highest BCUT2D eigenvalue weighted by Crippen LogP contribution is 2.27. The summed E-state index contributed by atoms with van der Waals surface area (Å²) in [6.45, 7) is 4.82.